The van der Waals surface area contributed by atoms with Crippen molar-refractivity contribution < 1.29 is 4.42 Å². The predicted molar refractivity (Wildman–Crippen MR) is 69.1 cm³/mol. The lowest BCUT2D eigenvalue weighted by molar-refractivity contribution is 0.626. The molecular weight excluding hydrogens is 244 g/mol. The monoisotopic (exact) mass is 252 g/mol. The van der Waals surface area contributed by atoms with E-state index in [9.17, 15) is 0 Å². The third-order valence-electron chi connectivity index (χ3n) is 2.87. The van der Waals surface area contributed by atoms with E-state index in [0.29, 0.717) is 22.6 Å². The minimum Gasteiger partial charge on any atom is -0.424 e. The number of hydrogen-bond donors (Lipinski definition) is 2. The highest BCUT2D eigenvalue weighted by molar-refractivity contribution is 5.90. The van der Waals surface area contributed by atoms with Gasteiger partial charge in [-0.05, 0) is 12.1 Å². The second-order valence-corrected chi connectivity index (χ2v) is 4.07. The first kappa shape index (κ1) is 10.0. The molecule has 0 radical (unpaired) electrons. The molecule has 0 aliphatic carbocycles. The number of rotatable bonds is 1. The van der Waals surface area contributed by atoms with Crippen molar-refractivity contribution in [2.45, 2.75) is 0 Å². The lowest BCUT2D eigenvalue weighted by Gasteiger charge is -1.99. The van der Waals surface area contributed by atoms with Crippen LogP contribution in [0.4, 0.5) is 6.01 Å². The van der Waals surface area contributed by atoms with Crippen LogP contribution >= 0.6 is 0 Å². The second-order valence-electron chi connectivity index (χ2n) is 4.07. The summed E-state index contributed by atoms with van der Waals surface area (Å²) in [6.45, 7) is 0. The van der Waals surface area contributed by atoms with Gasteiger partial charge in [0.25, 0.3) is 6.01 Å². The molecule has 3 N–H and O–H groups in total. The minimum atomic E-state index is 0.130. The van der Waals surface area contributed by atoms with Crippen molar-refractivity contribution in [2.24, 2.45) is 0 Å². The fourth-order valence-electron chi connectivity index (χ4n) is 2.01. The molecule has 3 aromatic heterocycles. The molecule has 7 nitrogen and oxygen atoms in total. The number of aromatic amines is 1. The van der Waals surface area contributed by atoms with E-state index in [0.717, 1.165) is 10.9 Å². The Balaban J connectivity index is 2.02. The maximum absolute atomic E-state index is 5.58. The van der Waals surface area contributed by atoms with Gasteiger partial charge in [0.2, 0.25) is 0 Å². The summed E-state index contributed by atoms with van der Waals surface area (Å²) >= 11 is 0. The molecule has 19 heavy (non-hydrogen) atoms. The van der Waals surface area contributed by atoms with Gasteiger partial charge in [0.15, 0.2) is 17.1 Å². The lowest BCUT2D eigenvalue weighted by Crippen LogP contribution is -1.90. The van der Waals surface area contributed by atoms with Gasteiger partial charge in [-0.25, -0.2) is 9.97 Å². The van der Waals surface area contributed by atoms with E-state index >= 15 is 0 Å². The van der Waals surface area contributed by atoms with Crippen LogP contribution in [-0.2, 0) is 0 Å². The molecule has 0 fully saturated rings. The summed E-state index contributed by atoms with van der Waals surface area (Å²) in [6.07, 6.45) is 3.39. The van der Waals surface area contributed by atoms with Crippen molar-refractivity contribution in [3.63, 3.8) is 0 Å². The summed E-state index contributed by atoms with van der Waals surface area (Å²) in [5, 5.41) is 7.59. The Hall–Kier alpha value is -2.96. The fraction of sp³-hybridized carbons (Fsp3) is 0. The Morgan fingerprint density at radius 2 is 2.11 bits per heavy atom. The van der Waals surface area contributed by atoms with E-state index in [1.54, 1.807) is 18.5 Å². The minimum absolute atomic E-state index is 0.130. The summed E-state index contributed by atoms with van der Waals surface area (Å²) < 4.78 is 5.29. The topological polar surface area (TPSA) is 107 Å². The summed E-state index contributed by atoms with van der Waals surface area (Å²) in [6, 6.07) is 5.66. The average molecular weight is 252 g/mol. The number of nitrogens with two attached hydrogens (primary N) is 1. The lowest BCUT2D eigenvalue weighted by atomic mass is 10.2. The Kier molecular flexibility index (Phi) is 1.85. The number of anilines is 1. The maximum atomic E-state index is 5.58. The summed E-state index contributed by atoms with van der Waals surface area (Å²) in [5.41, 5.74) is 8.29. The van der Waals surface area contributed by atoms with E-state index in [4.69, 9.17) is 10.2 Å². The van der Waals surface area contributed by atoms with Crippen molar-refractivity contribution in [3.8, 4) is 11.4 Å². The number of benzene rings is 1. The van der Waals surface area contributed by atoms with Crippen LogP contribution in [0.2, 0.25) is 0 Å². The van der Waals surface area contributed by atoms with E-state index in [-0.39, 0.29) is 6.01 Å². The van der Waals surface area contributed by atoms with Crippen LogP contribution in [0.3, 0.4) is 0 Å². The number of nitrogens with one attached hydrogen (secondary N) is 1. The first-order valence-electron chi connectivity index (χ1n) is 5.63. The number of nitrogens with zero attached hydrogens (tertiary/aromatic N) is 4. The van der Waals surface area contributed by atoms with Crippen LogP contribution in [0.1, 0.15) is 0 Å². The molecule has 1 aromatic carbocycles. The molecule has 3 heterocycles. The molecule has 0 amide bonds. The number of para-hydroxylation sites is 1. The molecular formula is C12H8N6O. The van der Waals surface area contributed by atoms with Crippen LogP contribution in [0.25, 0.3) is 33.5 Å². The van der Waals surface area contributed by atoms with Gasteiger partial charge in [-0.2, -0.15) is 10.1 Å². The number of aromatic nitrogens is 5. The largest absolute Gasteiger partial charge is 0.424 e. The van der Waals surface area contributed by atoms with Crippen LogP contribution in [-0.4, -0.2) is 25.1 Å². The molecule has 4 rings (SSSR count). The number of hydrogen-bond acceptors (Lipinski definition) is 6. The van der Waals surface area contributed by atoms with Crippen molar-refractivity contribution >= 4 is 28.1 Å². The Morgan fingerprint density at radius 1 is 1.16 bits per heavy atom. The Morgan fingerprint density at radius 3 is 3.05 bits per heavy atom. The van der Waals surface area contributed by atoms with E-state index < -0.39 is 0 Å². The van der Waals surface area contributed by atoms with Crippen LogP contribution in [0, 0.1) is 0 Å². The molecule has 0 spiro atoms. The van der Waals surface area contributed by atoms with E-state index in [2.05, 4.69) is 25.1 Å². The molecule has 0 atom stereocenters. The van der Waals surface area contributed by atoms with Crippen molar-refractivity contribution in [2.75, 3.05) is 5.73 Å². The van der Waals surface area contributed by atoms with Crippen molar-refractivity contribution in [1.82, 2.24) is 25.1 Å². The molecule has 0 bridgehead atoms. The van der Waals surface area contributed by atoms with Crippen LogP contribution in [0.5, 0.6) is 0 Å². The Bertz CT molecular complexity index is 893. The molecule has 0 aliphatic heterocycles. The third-order valence-corrected chi connectivity index (χ3v) is 2.87. The zero-order chi connectivity index (χ0) is 12.8. The number of H-pyrrole nitrogens is 1. The molecule has 0 saturated heterocycles. The number of fused-ring (bicyclic) bond motifs is 2. The van der Waals surface area contributed by atoms with Gasteiger partial charge in [0.1, 0.15) is 5.52 Å². The smallest absolute Gasteiger partial charge is 0.293 e. The van der Waals surface area contributed by atoms with Gasteiger partial charge in [-0.15, -0.1) is 0 Å². The first-order valence-corrected chi connectivity index (χ1v) is 5.63. The van der Waals surface area contributed by atoms with E-state index in [1.165, 1.54) is 0 Å². The number of nitrogen functional groups attached to an aromatic ring is 1. The highest BCUT2D eigenvalue weighted by Crippen LogP contribution is 2.27. The van der Waals surface area contributed by atoms with Crippen LogP contribution in [0.15, 0.2) is 35.0 Å². The summed E-state index contributed by atoms with van der Waals surface area (Å²) in [4.78, 5) is 12.9. The maximum Gasteiger partial charge on any atom is 0.293 e. The van der Waals surface area contributed by atoms with E-state index in [1.807, 2.05) is 12.1 Å². The predicted octanol–water partition coefficient (Wildman–Crippen LogP) is 1.74. The van der Waals surface area contributed by atoms with Gasteiger partial charge >= 0.3 is 0 Å². The molecule has 92 valence electrons. The number of oxazole rings is 1. The molecule has 0 saturated carbocycles. The zero-order valence-corrected chi connectivity index (χ0v) is 9.66. The molecule has 0 aliphatic rings. The van der Waals surface area contributed by atoms with Gasteiger partial charge < -0.3 is 10.2 Å². The van der Waals surface area contributed by atoms with Crippen LogP contribution < -0.4 is 5.73 Å². The first-order chi connectivity index (χ1) is 9.31. The Labute approximate surface area is 106 Å². The standard InChI is InChI=1S/C12H8N6O/c13-12-16-9-7(2-1-3-8(9)19-12)11-14-4-6-5-15-18-10(6)17-11/h1-5H,(H2,13,16)(H,14,15,17,18). The van der Waals surface area contributed by atoms with Gasteiger partial charge in [-0.1, -0.05) is 6.07 Å². The summed E-state index contributed by atoms with van der Waals surface area (Å²) in [7, 11) is 0. The highest BCUT2D eigenvalue weighted by atomic mass is 16.4. The molecule has 0 unspecified atom stereocenters. The van der Waals surface area contributed by atoms with Gasteiger partial charge in [-0.3, -0.25) is 5.10 Å². The van der Waals surface area contributed by atoms with Crippen molar-refractivity contribution in [1.29, 1.82) is 0 Å². The van der Waals surface area contributed by atoms with Crippen molar-refractivity contribution in [3.05, 3.63) is 30.6 Å². The highest BCUT2D eigenvalue weighted by Gasteiger charge is 2.12. The second kappa shape index (κ2) is 3.52. The normalized spacial score (nSPS) is 11.4. The molecule has 4 aromatic rings. The third kappa shape index (κ3) is 1.45. The molecule has 7 heteroatoms. The zero-order valence-electron chi connectivity index (χ0n) is 9.66. The SMILES string of the molecule is Nc1nc2c(-c3ncc4cn[nH]c4n3)cccc2o1. The fourth-order valence-corrected chi connectivity index (χ4v) is 2.01. The average Bonchev–Trinajstić information content (AvgIpc) is 3.01. The quantitative estimate of drug-likeness (QED) is 0.534. The van der Waals surface area contributed by atoms with Gasteiger partial charge in [0, 0.05) is 11.8 Å². The van der Waals surface area contributed by atoms with Gasteiger partial charge in [0.05, 0.1) is 11.6 Å². The summed E-state index contributed by atoms with van der Waals surface area (Å²) in [5.74, 6) is 0.552.